The number of halogens is 2. The van der Waals surface area contributed by atoms with Crippen molar-refractivity contribution in [1.29, 1.82) is 0 Å². The minimum atomic E-state index is -0.630. The summed E-state index contributed by atoms with van der Waals surface area (Å²) >= 11 is 7.02. The first-order valence-corrected chi connectivity index (χ1v) is 9.79. The minimum absolute atomic E-state index is 0.00472. The third-order valence-corrected chi connectivity index (χ3v) is 4.97. The summed E-state index contributed by atoms with van der Waals surface area (Å²) in [5.41, 5.74) is 1.67. The lowest BCUT2D eigenvalue weighted by molar-refractivity contribution is -0.136. The van der Waals surface area contributed by atoms with Crippen molar-refractivity contribution in [3.8, 4) is 5.75 Å². The molecule has 1 aliphatic heterocycles. The zero-order valence-corrected chi connectivity index (χ0v) is 18.4. The van der Waals surface area contributed by atoms with Crippen LogP contribution >= 0.6 is 31.9 Å². The monoisotopic (exact) mass is 488 g/mol. The Morgan fingerprint density at radius 1 is 1.15 bits per heavy atom. The molecule has 0 fully saturated rings. The third kappa shape index (κ3) is 4.40. The number of nitrogens with one attached hydrogen (secondary N) is 2. The molecular formula is C18H22Br2N2O4. The molecule has 0 bridgehead atoms. The SMILES string of the molecule is COC(=O)C1=C(C(C)C)NC(=O)NC1c1cc(Br)c(OC(C)C)c(Br)c1. The van der Waals surface area contributed by atoms with Crippen LogP contribution in [-0.2, 0) is 9.53 Å². The highest BCUT2D eigenvalue weighted by atomic mass is 79.9. The topological polar surface area (TPSA) is 76.7 Å². The van der Waals surface area contributed by atoms with Crippen molar-refractivity contribution in [2.24, 2.45) is 5.92 Å². The van der Waals surface area contributed by atoms with Gasteiger partial charge in [-0.25, -0.2) is 9.59 Å². The molecule has 0 radical (unpaired) electrons. The van der Waals surface area contributed by atoms with Crippen molar-refractivity contribution in [2.45, 2.75) is 39.8 Å². The van der Waals surface area contributed by atoms with Gasteiger partial charge in [-0.2, -0.15) is 0 Å². The molecule has 1 aliphatic rings. The Morgan fingerprint density at radius 2 is 1.73 bits per heavy atom. The molecular weight excluding hydrogens is 468 g/mol. The summed E-state index contributed by atoms with van der Waals surface area (Å²) < 4.78 is 12.2. The molecule has 1 aromatic carbocycles. The zero-order chi connectivity index (χ0) is 19.6. The predicted molar refractivity (Wildman–Crippen MR) is 106 cm³/mol. The first kappa shape index (κ1) is 20.8. The fraction of sp³-hybridized carbons (Fsp3) is 0.444. The first-order chi connectivity index (χ1) is 12.1. The van der Waals surface area contributed by atoms with Crippen molar-refractivity contribution in [3.63, 3.8) is 0 Å². The molecule has 0 saturated heterocycles. The Morgan fingerprint density at radius 3 is 2.19 bits per heavy atom. The molecule has 0 spiro atoms. The van der Waals surface area contributed by atoms with Gasteiger partial charge in [-0.3, -0.25) is 0 Å². The van der Waals surface area contributed by atoms with E-state index in [1.54, 1.807) is 0 Å². The van der Waals surface area contributed by atoms with Gasteiger partial charge in [-0.15, -0.1) is 0 Å². The van der Waals surface area contributed by atoms with Gasteiger partial charge in [0.15, 0.2) is 0 Å². The maximum absolute atomic E-state index is 12.4. The van der Waals surface area contributed by atoms with E-state index in [0.29, 0.717) is 17.0 Å². The lowest BCUT2D eigenvalue weighted by Gasteiger charge is -2.31. The second-order valence-electron chi connectivity index (χ2n) is 6.49. The first-order valence-electron chi connectivity index (χ1n) is 8.21. The molecule has 6 nitrogen and oxygen atoms in total. The van der Waals surface area contributed by atoms with Crippen LogP contribution in [0.5, 0.6) is 5.75 Å². The quantitative estimate of drug-likeness (QED) is 0.599. The minimum Gasteiger partial charge on any atom is -0.489 e. The number of rotatable bonds is 5. The molecule has 2 rings (SSSR count). The number of amides is 2. The average molecular weight is 490 g/mol. The van der Waals surface area contributed by atoms with Crippen LogP contribution in [0.15, 0.2) is 32.3 Å². The van der Waals surface area contributed by atoms with Crippen molar-refractivity contribution in [3.05, 3.63) is 37.9 Å². The van der Waals surface area contributed by atoms with Gasteiger partial charge in [-0.1, -0.05) is 13.8 Å². The number of hydrogen-bond donors (Lipinski definition) is 2. The molecule has 26 heavy (non-hydrogen) atoms. The van der Waals surface area contributed by atoms with Crippen molar-refractivity contribution in [1.82, 2.24) is 10.6 Å². The van der Waals surface area contributed by atoms with E-state index in [2.05, 4.69) is 42.5 Å². The maximum atomic E-state index is 12.4. The number of allylic oxidation sites excluding steroid dienone is 1. The lowest BCUT2D eigenvalue weighted by atomic mass is 9.91. The Hall–Kier alpha value is -1.54. The fourth-order valence-corrected chi connectivity index (χ4v) is 4.13. The van der Waals surface area contributed by atoms with Crippen LogP contribution in [0.1, 0.15) is 39.3 Å². The molecule has 1 atom stereocenters. The van der Waals surface area contributed by atoms with Crippen LogP contribution < -0.4 is 15.4 Å². The van der Waals surface area contributed by atoms with E-state index in [1.165, 1.54) is 7.11 Å². The number of hydrogen-bond acceptors (Lipinski definition) is 4. The fourth-order valence-electron chi connectivity index (χ4n) is 2.72. The van der Waals surface area contributed by atoms with Gasteiger partial charge >= 0.3 is 12.0 Å². The molecule has 0 aromatic heterocycles. The largest absolute Gasteiger partial charge is 0.489 e. The molecule has 8 heteroatoms. The summed E-state index contributed by atoms with van der Waals surface area (Å²) in [7, 11) is 1.33. The van der Waals surface area contributed by atoms with E-state index in [-0.39, 0.29) is 18.1 Å². The predicted octanol–water partition coefficient (Wildman–Crippen LogP) is 4.44. The summed E-state index contributed by atoms with van der Waals surface area (Å²) in [6.45, 7) is 7.69. The van der Waals surface area contributed by atoms with Gasteiger partial charge < -0.3 is 20.1 Å². The van der Waals surface area contributed by atoms with Crippen LogP contribution in [0.25, 0.3) is 0 Å². The summed E-state index contributed by atoms with van der Waals surface area (Å²) in [5.74, 6) is 0.130. The second-order valence-corrected chi connectivity index (χ2v) is 8.19. The number of ether oxygens (including phenoxy) is 2. The van der Waals surface area contributed by atoms with E-state index in [0.717, 1.165) is 14.5 Å². The summed E-state index contributed by atoms with van der Waals surface area (Å²) in [6, 6.07) is 2.68. The van der Waals surface area contributed by atoms with Crippen LogP contribution in [0.4, 0.5) is 4.79 Å². The Labute approximate surface area is 170 Å². The van der Waals surface area contributed by atoms with Gasteiger partial charge in [-0.05, 0) is 69.3 Å². The van der Waals surface area contributed by atoms with Gasteiger partial charge in [0.25, 0.3) is 0 Å². The highest BCUT2D eigenvalue weighted by molar-refractivity contribution is 9.11. The Balaban J connectivity index is 2.59. The number of carbonyl (C=O) groups is 2. The normalized spacial score (nSPS) is 17.3. The highest BCUT2D eigenvalue weighted by Crippen LogP contribution is 2.39. The van der Waals surface area contributed by atoms with Crippen molar-refractivity contribution < 1.29 is 19.1 Å². The number of esters is 1. The molecule has 0 saturated carbocycles. The molecule has 0 aliphatic carbocycles. The summed E-state index contributed by atoms with van der Waals surface area (Å²) in [4.78, 5) is 24.6. The van der Waals surface area contributed by atoms with E-state index in [9.17, 15) is 9.59 Å². The summed E-state index contributed by atoms with van der Waals surface area (Å²) in [5, 5.41) is 5.53. The van der Waals surface area contributed by atoms with Crippen LogP contribution in [0.3, 0.4) is 0 Å². The van der Waals surface area contributed by atoms with Crippen LogP contribution in [-0.4, -0.2) is 25.2 Å². The zero-order valence-electron chi connectivity index (χ0n) is 15.3. The van der Waals surface area contributed by atoms with Crippen molar-refractivity contribution in [2.75, 3.05) is 7.11 Å². The molecule has 2 amide bonds. The number of benzene rings is 1. The van der Waals surface area contributed by atoms with E-state index < -0.39 is 12.0 Å². The second kappa shape index (κ2) is 8.43. The molecule has 2 N–H and O–H groups in total. The van der Waals surface area contributed by atoms with Gasteiger partial charge in [0.05, 0.1) is 33.8 Å². The smallest absolute Gasteiger partial charge is 0.337 e. The number of methoxy groups -OCH3 is 1. The Kier molecular flexibility index (Phi) is 6.74. The highest BCUT2D eigenvalue weighted by Gasteiger charge is 2.35. The van der Waals surface area contributed by atoms with Gasteiger partial charge in [0.1, 0.15) is 5.75 Å². The molecule has 1 aromatic rings. The Bertz CT molecular complexity index is 737. The van der Waals surface area contributed by atoms with Crippen LogP contribution in [0, 0.1) is 5.92 Å². The summed E-state index contributed by atoms with van der Waals surface area (Å²) in [6.07, 6.45) is 0.00472. The molecule has 142 valence electrons. The van der Waals surface area contributed by atoms with Crippen LogP contribution in [0.2, 0.25) is 0 Å². The van der Waals surface area contributed by atoms with Crippen molar-refractivity contribution >= 4 is 43.9 Å². The molecule has 1 unspecified atom stereocenters. The standard InChI is InChI=1S/C18H22Br2N2O4/c1-8(2)14-13(17(23)25-5)15(22-18(24)21-14)10-6-11(19)16(12(20)7-10)26-9(3)4/h6-9,15H,1-5H3,(H2,21,22,24). The third-order valence-electron chi connectivity index (χ3n) is 3.79. The average Bonchev–Trinajstić information content (AvgIpc) is 2.56. The maximum Gasteiger partial charge on any atom is 0.337 e. The van der Waals surface area contributed by atoms with E-state index >= 15 is 0 Å². The van der Waals surface area contributed by atoms with Gasteiger partial charge in [0.2, 0.25) is 0 Å². The van der Waals surface area contributed by atoms with Gasteiger partial charge in [0, 0.05) is 5.70 Å². The molecule has 1 heterocycles. The van der Waals surface area contributed by atoms with E-state index in [4.69, 9.17) is 9.47 Å². The number of carbonyl (C=O) groups excluding carboxylic acids is 2. The lowest BCUT2D eigenvalue weighted by Crippen LogP contribution is -2.47. The number of urea groups is 1. The van der Waals surface area contributed by atoms with E-state index in [1.807, 2.05) is 39.8 Å².